The summed E-state index contributed by atoms with van der Waals surface area (Å²) in [6.45, 7) is 2.57. The zero-order chi connectivity index (χ0) is 21.1. The number of carbonyl (C=O) groups excluding carboxylic acids is 1. The van der Waals surface area contributed by atoms with E-state index in [2.05, 4.69) is 10.2 Å². The molecular formula is C21H23N3O5S. The summed E-state index contributed by atoms with van der Waals surface area (Å²) in [6.07, 6.45) is 3.08. The lowest BCUT2D eigenvalue weighted by Gasteiger charge is -2.31. The molecule has 1 saturated heterocycles. The van der Waals surface area contributed by atoms with Gasteiger partial charge >= 0.3 is 0 Å². The van der Waals surface area contributed by atoms with Crippen LogP contribution in [0.25, 0.3) is 6.08 Å². The van der Waals surface area contributed by atoms with E-state index >= 15 is 0 Å². The van der Waals surface area contributed by atoms with Crippen LogP contribution < -0.4 is 14.8 Å². The first kappa shape index (κ1) is 20.4. The fraction of sp³-hybridized carbons (Fsp3) is 0.286. The van der Waals surface area contributed by atoms with Gasteiger partial charge in [0.1, 0.15) is 0 Å². The number of hydrogen-bond acceptors (Lipinski definition) is 6. The fourth-order valence-electron chi connectivity index (χ4n) is 3.26. The molecule has 0 atom stereocenters. The number of sulfonamides is 1. The highest BCUT2D eigenvalue weighted by Crippen LogP contribution is 2.32. The third-order valence-electron chi connectivity index (χ3n) is 5.05. The minimum absolute atomic E-state index is 0.198. The van der Waals surface area contributed by atoms with Crippen LogP contribution in [0.1, 0.15) is 5.56 Å². The number of hydrogen-bond donors (Lipinski definition) is 1. The monoisotopic (exact) mass is 429 g/mol. The van der Waals surface area contributed by atoms with Crippen LogP contribution in [-0.4, -0.2) is 63.5 Å². The summed E-state index contributed by atoms with van der Waals surface area (Å²) < 4.78 is 37.6. The van der Waals surface area contributed by atoms with Gasteiger partial charge in [-0.3, -0.25) is 4.79 Å². The van der Waals surface area contributed by atoms with Gasteiger partial charge in [-0.15, -0.1) is 0 Å². The van der Waals surface area contributed by atoms with E-state index in [4.69, 9.17) is 9.47 Å². The molecule has 8 nitrogen and oxygen atoms in total. The van der Waals surface area contributed by atoms with Crippen LogP contribution in [-0.2, 0) is 14.8 Å². The summed E-state index contributed by atoms with van der Waals surface area (Å²) in [5.74, 6) is 1.01. The zero-order valence-electron chi connectivity index (χ0n) is 16.6. The number of nitrogens with one attached hydrogen (secondary N) is 1. The van der Waals surface area contributed by atoms with Gasteiger partial charge in [0.2, 0.25) is 22.7 Å². The molecule has 2 heterocycles. The van der Waals surface area contributed by atoms with Crippen LogP contribution in [0.5, 0.6) is 11.5 Å². The third kappa shape index (κ3) is 4.48. The SMILES string of the molecule is CN1CCN(S(=O)(=O)c2ccc(NC(=O)/C=C/c3ccc4c(c3)OCO4)cc2)CC1. The van der Waals surface area contributed by atoms with Gasteiger partial charge in [-0.05, 0) is 55.1 Å². The summed E-state index contributed by atoms with van der Waals surface area (Å²) >= 11 is 0. The van der Waals surface area contributed by atoms with Crippen molar-refractivity contribution in [2.45, 2.75) is 4.90 Å². The second-order valence-electron chi connectivity index (χ2n) is 7.17. The molecule has 2 aliphatic heterocycles. The maximum atomic E-state index is 12.8. The highest BCUT2D eigenvalue weighted by molar-refractivity contribution is 7.89. The number of fused-ring (bicyclic) bond motifs is 1. The number of benzene rings is 2. The van der Waals surface area contributed by atoms with Gasteiger partial charge in [-0.2, -0.15) is 4.31 Å². The summed E-state index contributed by atoms with van der Waals surface area (Å²) in [5.41, 5.74) is 1.33. The van der Waals surface area contributed by atoms with Crippen molar-refractivity contribution >= 4 is 27.7 Å². The van der Waals surface area contributed by atoms with Crippen LogP contribution in [0.3, 0.4) is 0 Å². The van der Waals surface area contributed by atoms with Crippen LogP contribution in [0.2, 0.25) is 0 Å². The Balaban J connectivity index is 1.37. The molecule has 4 rings (SSSR count). The normalized spacial score (nSPS) is 17.4. The smallest absolute Gasteiger partial charge is 0.248 e. The Morgan fingerprint density at radius 3 is 2.43 bits per heavy atom. The van der Waals surface area contributed by atoms with Gasteiger partial charge in [0.15, 0.2) is 11.5 Å². The highest BCUT2D eigenvalue weighted by Gasteiger charge is 2.27. The molecule has 2 aliphatic rings. The summed E-state index contributed by atoms with van der Waals surface area (Å²) in [4.78, 5) is 14.5. The number of likely N-dealkylation sites (N-methyl/N-ethyl adjacent to an activating group) is 1. The van der Waals surface area contributed by atoms with Crippen LogP contribution in [0.15, 0.2) is 53.4 Å². The average molecular weight is 429 g/mol. The largest absolute Gasteiger partial charge is 0.454 e. The first-order chi connectivity index (χ1) is 14.4. The lowest BCUT2D eigenvalue weighted by atomic mass is 10.2. The molecule has 0 bridgehead atoms. The van der Waals surface area contributed by atoms with Gasteiger partial charge < -0.3 is 19.7 Å². The van der Waals surface area contributed by atoms with Gasteiger partial charge in [-0.25, -0.2) is 8.42 Å². The predicted octanol–water partition coefficient (Wildman–Crippen LogP) is 2.00. The van der Waals surface area contributed by atoms with Crippen molar-refractivity contribution in [2.24, 2.45) is 0 Å². The van der Waals surface area contributed by atoms with Crippen molar-refractivity contribution < 1.29 is 22.7 Å². The molecule has 0 aromatic heterocycles. The maximum Gasteiger partial charge on any atom is 0.248 e. The molecule has 0 aliphatic carbocycles. The second kappa shape index (κ2) is 8.47. The Kier molecular flexibility index (Phi) is 5.76. The van der Waals surface area contributed by atoms with E-state index in [-0.39, 0.29) is 17.6 Å². The van der Waals surface area contributed by atoms with Gasteiger partial charge in [-0.1, -0.05) is 6.07 Å². The number of piperazine rings is 1. The molecule has 158 valence electrons. The van der Waals surface area contributed by atoms with Crippen molar-refractivity contribution in [1.82, 2.24) is 9.21 Å². The summed E-state index contributed by atoms with van der Waals surface area (Å²) in [6, 6.07) is 11.6. The molecule has 0 saturated carbocycles. The predicted molar refractivity (Wildman–Crippen MR) is 113 cm³/mol. The first-order valence-electron chi connectivity index (χ1n) is 9.59. The summed E-state index contributed by atoms with van der Waals surface area (Å²) in [5, 5.41) is 2.73. The number of nitrogens with zero attached hydrogens (tertiary/aromatic N) is 2. The number of amides is 1. The van der Waals surface area contributed by atoms with E-state index in [0.717, 1.165) is 5.56 Å². The molecule has 0 spiro atoms. The van der Waals surface area contributed by atoms with Gasteiger partial charge in [0, 0.05) is 37.9 Å². The lowest BCUT2D eigenvalue weighted by molar-refractivity contribution is -0.111. The fourth-order valence-corrected chi connectivity index (χ4v) is 4.68. The quantitative estimate of drug-likeness (QED) is 0.732. The Morgan fingerprint density at radius 1 is 1.00 bits per heavy atom. The Bertz CT molecular complexity index is 1060. The Hall–Kier alpha value is -2.88. The van der Waals surface area contributed by atoms with Crippen LogP contribution in [0, 0.1) is 0 Å². The van der Waals surface area contributed by atoms with E-state index in [1.807, 2.05) is 13.1 Å². The first-order valence-corrected chi connectivity index (χ1v) is 11.0. The van der Waals surface area contributed by atoms with E-state index < -0.39 is 10.0 Å². The maximum absolute atomic E-state index is 12.8. The van der Waals surface area contributed by atoms with Crippen molar-refractivity contribution in [3.05, 3.63) is 54.1 Å². The minimum Gasteiger partial charge on any atom is -0.454 e. The highest BCUT2D eigenvalue weighted by atomic mass is 32.2. The number of anilines is 1. The number of ether oxygens (including phenoxy) is 2. The molecule has 1 amide bonds. The van der Waals surface area contributed by atoms with Crippen LogP contribution in [0.4, 0.5) is 5.69 Å². The Morgan fingerprint density at radius 2 is 1.70 bits per heavy atom. The van der Waals surface area contributed by atoms with E-state index in [0.29, 0.717) is 43.4 Å². The molecule has 0 unspecified atom stereocenters. The van der Waals surface area contributed by atoms with Crippen LogP contribution >= 0.6 is 0 Å². The third-order valence-corrected chi connectivity index (χ3v) is 6.96. The van der Waals surface area contributed by atoms with Crippen molar-refractivity contribution in [3.63, 3.8) is 0 Å². The second-order valence-corrected chi connectivity index (χ2v) is 9.10. The molecule has 2 aromatic carbocycles. The van der Waals surface area contributed by atoms with Crippen molar-refractivity contribution in [2.75, 3.05) is 45.3 Å². The number of carbonyl (C=O) groups is 1. The molecule has 30 heavy (non-hydrogen) atoms. The van der Waals surface area contributed by atoms with Gasteiger partial charge in [0.25, 0.3) is 0 Å². The minimum atomic E-state index is -3.52. The summed E-state index contributed by atoms with van der Waals surface area (Å²) in [7, 11) is -1.55. The topological polar surface area (TPSA) is 88.2 Å². The lowest BCUT2D eigenvalue weighted by Crippen LogP contribution is -2.46. The van der Waals surface area contributed by atoms with E-state index in [1.54, 1.807) is 30.3 Å². The molecule has 2 aromatic rings. The zero-order valence-corrected chi connectivity index (χ0v) is 17.4. The molecule has 9 heteroatoms. The molecule has 1 N–H and O–H groups in total. The van der Waals surface area contributed by atoms with E-state index in [9.17, 15) is 13.2 Å². The molecule has 0 radical (unpaired) electrons. The Labute approximate surface area is 175 Å². The van der Waals surface area contributed by atoms with Gasteiger partial charge in [0.05, 0.1) is 4.90 Å². The van der Waals surface area contributed by atoms with Crippen molar-refractivity contribution in [1.29, 1.82) is 0 Å². The van der Waals surface area contributed by atoms with E-state index in [1.165, 1.54) is 22.5 Å². The molecular weight excluding hydrogens is 406 g/mol. The van der Waals surface area contributed by atoms with Crippen molar-refractivity contribution in [3.8, 4) is 11.5 Å². The average Bonchev–Trinajstić information content (AvgIpc) is 3.21. The number of rotatable bonds is 5. The standard InChI is InChI=1S/C21H23N3O5S/c1-23-10-12-24(13-11-23)30(26,27)18-6-4-17(5-7-18)22-21(25)9-3-16-2-8-19-20(14-16)29-15-28-19/h2-9,14H,10-13,15H2,1H3,(H,22,25)/b9-3+. The molecule has 1 fully saturated rings.